The standard InChI is InChI=1S/C18H20N2O2S/c21-17(13-15-5-2-1-3-6-15)19-8-10-20(11-9-19)18(22)14-16-7-4-12-23-16/h1-7,12H,8-11,13-14H2. The van der Waals surface area contributed by atoms with Crippen LogP contribution in [0.15, 0.2) is 47.8 Å². The van der Waals surface area contributed by atoms with Crippen molar-refractivity contribution < 1.29 is 9.59 Å². The highest BCUT2D eigenvalue weighted by molar-refractivity contribution is 7.10. The van der Waals surface area contributed by atoms with Crippen LogP contribution in [-0.4, -0.2) is 47.8 Å². The summed E-state index contributed by atoms with van der Waals surface area (Å²) in [5.41, 5.74) is 1.04. The summed E-state index contributed by atoms with van der Waals surface area (Å²) in [7, 11) is 0. The molecule has 5 heteroatoms. The van der Waals surface area contributed by atoms with Crippen LogP contribution in [0.1, 0.15) is 10.4 Å². The summed E-state index contributed by atoms with van der Waals surface area (Å²) in [5, 5.41) is 1.99. The van der Waals surface area contributed by atoms with Gasteiger partial charge in [0.05, 0.1) is 12.8 Å². The van der Waals surface area contributed by atoms with Gasteiger partial charge in [-0.15, -0.1) is 11.3 Å². The predicted octanol–water partition coefficient (Wildman–Crippen LogP) is 2.20. The lowest BCUT2D eigenvalue weighted by Gasteiger charge is -2.35. The zero-order valence-corrected chi connectivity index (χ0v) is 13.8. The van der Waals surface area contributed by atoms with Crippen LogP contribution in [0.2, 0.25) is 0 Å². The van der Waals surface area contributed by atoms with Gasteiger partial charge < -0.3 is 9.80 Å². The lowest BCUT2D eigenvalue weighted by Crippen LogP contribution is -2.51. The SMILES string of the molecule is O=C(Cc1ccccc1)N1CCN(C(=O)Cc2cccs2)CC1. The molecule has 3 rings (SSSR count). The van der Waals surface area contributed by atoms with Crippen molar-refractivity contribution in [2.75, 3.05) is 26.2 Å². The largest absolute Gasteiger partial charge is 0.339 e. The van der Waals surface area contributed by atoms with E-state index in [0.717, 1.165) is 10.4 Å². The molecule has 1 aliphatic heterocycles. The first-order valence-corrected chi connectivity index (χ1v) is 8.72. The van der Waals surface area contributed by atoms with Gasteiger partial charge in [-0.05, 0) is 17.0 Å². The molecule has 1 saturated heterocycles. The molecular weight excluding hydrogens is 308 g/mol. The van der Waals surface area contributed by atoms with E-state index < -0.39 is 0 Å². The van der Waals surface area contributed by atoms with Crippen molar-refractivity contribution in [3.63, 3.8) is 0 Å². The number of rotatable bonds is 4. The Kier molecular flexibility index (Phi) is 5.08. The summed E-state index contributed by atoms with van der Waals surface area (Å²) < 4.78 is 0. The fourth-order valence-corrected chi connectivity index (χ4v) is 3.46. The van der Waals surface area contributed by atoms with Crippen LogP contribution in [0, 0.1) is 0 Å². The Hall–Kier alpha value is -2.14. The molecule has 0 aliphatic carbocycles. The molecule has 1 fully saturated rings. The van der Waals surface area contributed by atoms with Crippen LogP contribution in [0.25, 0.3) is 0 Å². The maximum Gasteiger partial charge on any atom is 0.227 e. The Morgan fingerprint density at radius 1 is 0.826 bits per heavy atom. The summed E-state index contributed by atoms with van der Waals surface area (Å²) in [5.74, 6) is 0.296. The highest BCUT2D eigenvalue weighted by atomic mass is 32.1. The first-order chi connectivity index (χ1) is 11.2. The van der Waals surface area contributed by atoms with Gasteiger partial charge in [-0.3, -0.25) is 9.59 Å². The molecule has 0 bridgehead atoms. The fraction of sp³-hybridized carbons (Fsp3) is 0.333. The third-order valence-corrected chi connectivity index (χ3v) is 4.97. The van der Waals surface area contributed by atoms with Crippen molar-refractivity contribution in [1.29, 1.82) is 0 Å². The van der Waals surface area contributed by atoms with E-state index in [1.807, 2.05) is 57.6 Å². The van der Waals surface area contributed by atoms with Crippen molar-refractivity contribution in [1.82, 2.24) is 9.80 Å². The number of carbonyl (C=O) groups is 2. The molecule has 2 heterocycles. The smallest absolute Gasteiger partial charge is 0.227 e. The summed E-state index contributed by atoms with van der Waals surface area (Å²) >= 11 is 1.61. The predicted molar refractivity (Wildman–Crippen MR) is 91.3 cm³/mol. The van der Waals surface area contributed by atoms with Gasteiger partial charge >= 0.3 is 0 Å². The van der Waals surface area contributed by atoms with Crippen molar-refractivity contribution in [2.24, 2.45) is 0 Å². The molecule has 2 amide bonds. The number of piperazine rings is 1. The third kappa shape index (κ3) is 4.20. The second-order valence-electron chi connectivity index (χ2n) is 5.68. The van der Waals surface area contributed by atoms with Gasteiger partial charge in [0, 0.05) is 31.1 Å². The summed E-state index contributed by atoms with van der Waals surface area (Å²) in [4.78, 5) is 29.4. The minimum absolute atomic E-state index is 0.140. The summed E-state index contributed by atoms with van der Waals surface area (Å²) in [6.07, 6.45) is 0.902. The van der Waals surface area contributed by atoms with Crippen molar-refractivity contribution in [3.8, 4) is 0 Å². The third-order valence-electron chi connectivity index (χ3n) is 4.09. The van der Waals surface area contributed by atoms with Gasteiger partial charge in [-0.25, -0.2) is 0 Å². The molecule has 0 saturated carbocycles. The van der Waals surface area contributed by atoms with Gasteiger partial charge in [0.15, 0.2) is 0 Å². The molecule has 120 valence electrons. The minimum atomic E-state index is 0.140. The van der Waals surface area contributed by atoms with E-state index in [9.17, 15) is 9.59 Å². The van der Waals surface area contributed by atoms with E-state index in [4.69, 9.17) is 0 Å². The lowest BCUT2D eigenvalue weighted by atomic mass is 10.1. The van der Waals surface area contributed by atoms with Crippen LogP contribution >= 0.6 is 11.3 Å². The molecular formula is C18H20N2O2S. The topological polar surface area (TPSA) is 40.6 Å². The van der Waals surface area contributed by atoms with E-state index in [2.05, 4.69) is 0 Å². The second-order valence-corrected chi connectivity index (χ2v) is 6.71. The molecule has 0 N–H and O–H groups in total. The Morgan fingerprint density at radius 2 is 1.43 bits per heavy atom. The quantitative estimate of drug-likeness (QED) is 0.863. The van der Waals surface area contributed by atoms with Gasteiger partial charge in [-0.1, -0.05) is 36.4 Å². The van der Waals surface area contributed by atoms with Crippen molar-refractivity contribution >= 4 is 23.2 Å². The molecule has 0 atom stereocenters. The number of thiophene rings is 1. The van der Waals surface area contributed by atoms with E-state index >= 15 is 0 Å². The van der Waals surface area contributed by atoms with E-state index in [-0.39, 0.29) is 11.8 Å². The maximum absolute atomic E-state index is 12.3. The van der Waals surface area contributed by atoms with E-state index in [1.165, 1.54) is 0 Å². The first kappa shape index (κ1) is 15.7. The van der Waals surface area contributed by atoms with Gasteiger partial charge in [-0.2, -0.15) is 0 Å². The molecule has 0 radical (unpaired) electrons. The normalized spacial score (nSPS) is 14.8. The maximum atomic E-state index is 12.3. The molecule has 23 heavy (non-hydrogen) atoms. The molecule has 4 nitrogen and oxygen atoms in total. The molecule has 1 aliphatic rings. The number of benzene rings is 1. The van der Waals surface area contributed by atoms with Crippen LogP contribution in [0.4, 0.5) is 0 Å². The van der Waals surface area contributed by atoms with Crippen LogP contribution in [0.3, 0.4) is 0 Å². The minimum Gasteiger partial charge on any atom is -0.339 e. The average Bonchev–Trinajstić information content (AvgIpc) is 3.09. The highest BCUT2D eigenvalue weighted by Gasteiger charge is 2.24. The molecule has 2 aromatic rings. The van der Waals surface area contributed by atoms with Gasteiger partial charge in [0.2, 0.25) is 11.8 Å². The van der Waals surface area contributed by atoms with Gasteiger partial charge in [0.25, 0.3) is 0 Å². The first-order valence-electron chi connectivity index (χ1n) is 7.84. The van der Waals surface area contributed by atoms with Crippen molar-refractivity contribution in [2.45, 2.75) is 12.8 Å². The van der Waals surface area contributed by atoms with E-state index in [1.54, 1.807) is 11.3 Å². The van der Waals surface area contributed by atoms with E-state index in [0.29, 0.717) is 39.0 Å². The molecule has 1 aromatic heterocycles. The van der Waals surface area contributed by atoms with Gasteiger partial charge in [0.1, 0.15) is 0 Å². The second kappa shape index (κ2) is 7.42. The van der Waals surface area contributed by atoms with Crippen LogP contribution in [0.5, 0.6) is 0 Å². The fourth-order valence-electron chi connectivity index (χ4n) is 2.76. The highest BCUT2D eigenvalue weighted by Crippen LogP contribution is 2.12. The number of carbonyl (C=O) groups excluding carboxylic acids is 2. The lowest BCUT2D eigenvalue weighted by molar-refractivity contribution is -0.138. The molecule has 1 aromatic carbocycles. The number of hydrogen-bond acceptors (Lipinski definition) is 3. The Balaban J connectivity index is 1.48. The Morgan fingerprint density at radius 3 is 2.00 bits per heavy atom. The monoisotopic (exact) mass is 328 g/mol. The zero-order valence-electron chi connectivity index (χ0n) is 13.0. The molecule has 0 spiro atoms. The van der Waals surface area contributed by atoms with Crippen molar-refractivity contribution in [3.05, 3.63) is 58.3 Å². The molecule has 0 unspecified atom stereocenters. The number of hydrogen-bond donors (Lipinski definition) is 0. The average molecular weight is 328 g/mol. The number of nitrogens with zero attached hydrogens (tertiary/aromatic N) is 2. The zero-order chi connectivity index (χ0) is 16.1. The summed E-state index contributed by atoms with van der Waals surface area (Å²) in [6.45, 7) is 2.51. The number of amides is 2. The summed E-state index contributed by atoms with van der Waals surface area (Å²) in [6, 6.07) is 13.7. The Bertz CT molecular complexity index is 647. The van der Waals surface area contributed by atoms with Crippen LogP contribution < -0.4 is 0 Å². The van der Waals surface area contributed by atoms with Crippen LogP contribution in [-0.2, 0) is 22.4 Å². The Labute approximate surface area is 140 Å².